The van der Waals surface area contributed by atoms with Crippen molar-refractivity contribution in [2.24, 2.45) is 0 Å². The fraction of sp³-hybridized carbons (Fsp3) is 0.316. The highest BCUT2D eigenvalue weighted by atomic mass is 79.9. The van der Waals surface area contributed by atoms with Crippen molar-refractivity contribution in [3.05, 3.63) is 57.6 Å². The first-order chi connectivity index (χ1) is 12.1. The molecule has 2 aromatic rings. The molecule has 0 heterocycles. The Morgan fingerprint density at radius 1 is 1.15 bits per heavy atom. The Hall–Kier alpha value is -1.86. The average Bonchev–Trinajstić information content (AvgIpc) is 2.57. The molecule has 5 nitrogen and oxygen atoms in total. The van der Waals surface area contributed by atoms with Gasteiger partial charge in [0.05, 0.1) is 10.9 Å². The van der Waals surface area contributed by atoms with Gasteiger partial charge < -0.3 is 10.1 Å². The van der Waals surface area contributed by atoms with E-state index >= 15 is 0 Å². The van der Waals surface area contributed by atoms with Gasteiger partial charge in [-0.15, -0.1) is 0 Å². The Labute approximate surface area is 162 Å². The summed E-state index contributed by atoms with van der Waals surface area (Å²) in [6.07, 6.45) is 1.16. The van der Waals surface area contributed by atoms with E-state index in [1.165, 1.54) is 12.1 Å². The lowest BCUT2D eigenvalue weighted by atomic mass is 10.1. The van der Waals surface area contributed by atoms with Gasteiger partial charge in [-0.25, -0.2) is 8.42 Å². The Morgan fingerprint density at radius 2 is 1.69 bits per heavy atom. The minimum atomic E-state index is -3.23. The highest BCUT2D eigenvalue weighted by molar-refractivity contribution is 9.10. The second-order valence-electron chi connectivity index (χ2n) is 6.29. The minimum absolute atomic E-state index is 0.0910. The van der Waals surface area contributed by atoms with Crippen molar-refractivity contribution >= 4 is 31.7 Å². The number of amides is 1. The molecule has 0 spiro atoms. The molecule has 26 heavy (non-hydrogen) atoms. The maximum absolute atomic E-state index is 12.1. The maximum Gasteiger partial charge on any atom is 0.258 e. The molecule has 1 amide bonds. The van der Waals surface area contributed by atoms with Crippen molar-refractivity contribution < 1.29 is 17.9 Å². The monoisotopic (exact) mass is 439 g/mol. The third-order valence-electron chi connectivity index (χ3n) is 3.97. The number of hydrogen-bond acceptors (Lipinski definition) is 4. The number of ether oxygens (including phenoxy) is 1. The van der Waals surface area contributed by atoms with Crippen LogP contribution in [0.2, 0.25) is 0 Å². The van der Waals surface area contributed by atoms with Gasteiger partial charge in [0, 0.05) is 10.7 Å². The number of sulfone groups is 1. The van der Waals surface area contributed by atoms with Crippen LogP contribution in [0.15, 0.2) is 45.8 Å². The van der Waals surface area contributed by atoms with Crippen LogP contribution in [0, 0.1) is 13.8 Å². The third kappa shape index (κ3) is 5.32. The molecule has 2 rings (SSSR count). The van der Waals surface area contributed by atoms with Crippen molar-refractivity contribution in [2.75, 3.05) is 12.9 Å². The zero-order chi connectivity index (χ0) is 19.5. The van der Waals surface area contributed by atoms with E-state index < -0.39 is 9.84 Å². The molecular formula is C19H22BrNO4S. The predicted molar refractivity (Wildman–Crippen MR) is 105 cm³/mol. The van der Waals surface area contributed by atoms with Crippen molar-refractivity contribution in [3.8, 4) is 5.75 Å². The van der Waals surface area contributed by atoms with E-state index in [4.69, 9.17) is 4.74 Å². The van der Waals surface area contributed by atoms with Crippen LogP contribution in [0.4, 0.5) is 0 Å². The van der Waals surface area contributed by atoms with Crippen LogP contribution in [0.3, 0.4) is 0 Å². The topological polar surface area (TPSA) is 72.5 Å². The second-order valence-corrected chi connectivity index (χ2v) is 9.10. The zero-order valence-corrected chi connectivity index (χ0v) is 17.6. The van der Waals surface area contributed by atoms with Gasteiger partial charge in [-0.3, -0.25) is 4.79 Å². The first kappa shape index (κ1) is 20.5. The Balaban J connectivity index is 1.95. The van der Waals surface area contributed by atoms with Gasteiger partial charge in [0.1, 0.15) is 5.75 Å². The molecule has 0 fully saturated rings. The fourth-order valence-electron chi connectivity index (χ4n) is 2.51. The molecule has 0 bridgehead atoms. The number of hydrogen-bond donors (Lipinski definition) is 1. The van der Waals surface area contributed by atoms with E-state index in [-0.39, 0.29) is 23.5 Å². The number of nitrogens with one attached hydrogen (secondary N) is 1. The molecule has 0 aliphatic carbocycles. The summed E-state index contributed by atoms with van der Waals surface area (Å²) in [5.41, 5.74) is 2.90. The van der Waals surface area contributed by atoms with E-state index in [2.05, 4.69) is 21.2 Å². The quantitative estimate of drug-likeness (QED) is 0.743. The smallest absolute Gasteiger partial charge is 0.258 e. The molecule has 7 heteroatoms. The molecule has 0 radical (unpaired) electrons. The first-order valence-electron chi connectivity index (χ1n) is 8.07. The summed E-state index contributed by atoms with van der Waals surface area (Å²) >= 11 is 3.50. The van der Waals surface area contributed by atoms with Gasteiger partial charge >= 0.3 is 0 Å². The van der Waals surface area contributed by atoms with E-state index in [1.54, 1.807) is 12.1 Å². The normalized spacial score (nSPS) is 12.5. The summed E-state index contributed by atoms with van der Waals surface area (Å²) in [7, 11) is -3.23. The summed E-state index contributed by atoms with van der Waals surface area (Å²) < 4.78 is 29.6. The SMILES string of the molecule is Cc1cc(OCC(=O)NC(C)c2ccc(S(C)(=O)=O)cc2)cc(C)c1Br. The van der Waals surface area contributed by atoms with Crippen LogP contribution >= 0.6 is 15.9 Å². The maximum atomic E-state index is 12.1. The van der Waals surface area contributed by atoms with Gasteiger partial charge in [-0.05, 0) is 61.7 Å². The summed E-state index contributed by atoms with van der Waals surface area (Å²) in [6, 6.07) is 9.96. The summed E-state index contributed by atoms with van der Waals surface area (Å²) in [6.45, 7) is 5.67. The van der Waals surface area contributed by atoms with Crippen LogP contribution in [-0.2, 0) is 14.6 Å². The molecular weight excluding hydrogens is 418 g/mol. The molecule has 1 unspecified atom stereocenters. The van der Waals surface area contributed by atoms with Gasteiger partial charge in [0.25, 0.3) is 5.91 Å². The van der Waals surface area contributed by atoms with Crippen LogP contribution in [0.25, 0.3) is 0 Å². The van der Waals surface area contributed by atoms with Crippen LogP contribution in [0.1, 0.15) is 29.7 Å². The van der Waals surface area contributed by atoms with Crippen molar-refractivity contribution in [3.63, 3.8) is 0 Å². The van der Waals surface area contributed by atoms with Gasteiger partial charge in [-0.1, -0.05) is 28.1 Å². The highest BCUT2D eigenvalue weighted by Gasteiger charge is 2.13. The van der Waals surface area contributed by atoms with E-state index in [0.717, 1.165) is 27.4 Å². The van der Waals surface area contributed by atoms with Crippen molar-refractivity contribution in [2.45, 2.75) is 31.7 Å². The van der Waals surface area contributed by atoms with Gasteiger partial charge in [-0.2, -0.15) is 0 Å². The van der Waals surface area contributed by atoms with E-state index in [9.17, 15) is 13.2 Å². The number of aryl methyl sites for hydroxylation is 2. The second kappa shape index (κ2) is 8.22. The average molecular weight is 440 g/mol. The fourth-order valence-corrected chi connectivity index (χ4v) is 3.37. The largest absolute Gasteiger partial charge is 0.484 e. The van der Waals surface area contributed by atoms with Gasteiger partial charge in [0.15, 0.2) is 16.4 Å². The molecule has 0 saturated heterocycles. The molecule has 0 saturated carbocycles. The molecule has 1 atom stereocenters. The lowest BCUT2D eigenvalue weighted by Crippen LogP contribution is -2.31. The van der Waals surface area contributed by atoms with E-state index in [0.29, 0.717) is 5.75 Å². The highest BCUT2D eigenvalue weighted by Crippen LogP contribution is 2.26. The molecule has 0 aromatic heterocycles. The number of carbonyl (C=O) groups is 1. The summed E-state index contributed by atoms with van der Waals surface area (Å²) in [4.78, 5) is 12.4. The molecule has 1 N–H and O–H groups in total. The zero-order valence-electron chi connectivity index (χ0n) is 15.2. The van der Waals surface area contributed by atoms with Crippen molar-refractivity contribution in [1.29, 1.82) is 0 Å². The number of carbonyl (C=O) groups excluding carboxylic acids is 1. The number of rotatable bonds is 6. The number of benzene rings is 2. The Kier molecular flexibility index (Phi) is 6.47. The van der Waals surface area contributed by atoms with Crippen LogP contribution in [0.5, 0.6) is 5.75 Å². The summed E-state index contributed by atoms with van der Waals surface area (Å²) in [5.74, 6) is 0.395. The molecule has 2 aromatic carbocycles. The lowest BCUT2D eigenvalue weighted by molar-refractivity contribution is -0.123. The van der Waals surface area contributed by atoms with Gasteiger partial charge in [0.2, 0.25) is 0 Å². The molecule has 0 aliphatic rings. The first-order valence-corrected chi connectivity index (χ1v) is 10.8. The minimum Gasteiger partial charge on any atom is -0.484 e. The predicted octanol–water partition coefficient (Wildman–Crippen LogP) is 3.73. The Morgan fingerprint density at radius 3 is 2.19 bits per heavy atom. The Bertz CT molecular complexity index is 885. The summed E-state index contributed by atoms with van der Waals surface area (Å²) in [5, 5.41) is 2.84. The standard InChI is InChI=1S/C19H22BrNO4S/c1-12-9-16(10-13(2)19(12)20)25-11-18(22)21-14(3)15-5-7-17(8-6-15)26(4,23)24/h5-10,14H,11H2,1-4H3,(H,21,22). The third-order valence-corrected chi connectivity index (χ3v) is 6.34. The van der Waals surface area contributed by atoms with Crippen LogP contribution in [-0.4, -0.2) is 27.2 Å². The molecule has 0 aliphatic heterocycles. The number of halogens is 1. The molecule has 140 valence electrons. The lowest BCUT2D eigenvalue weighted by Gasteiger charge is -2.15. The van der Waals surface area contributed by atoms with E-state index in [1.807, 2.05) is 32.9 Å². The van der Waals surface area contributed by atoms with Crippen molar-refractivity contribution in [1.82, 2.24) is 5.32 Å². The van der Waals surface area contributed by atoms with Crippen LogP contribution < -0.4 is 10.1 Å².